The first-order valence-electron chi connectivity index (χ1n) is 14.5. The van der Waals surface area contributed by atoms with E-state index in [1.54, 1.807) is 0 Å². The number of rotatable bonds is 8. The highest BCUT2D eigenvalue weighted by atomic mass is 35.5. The summed E-state index contributed by atoms with van der Waals surface area (Å²) in [6.07, 6.45) is 16.2. The van der Waals surface area contributed by atoms with E-state index in [0.717, 1.165) is 38.1 Å². The van der Waals surface area contributed by atoms with E-state index in [4.69, 9.17) is 5.73 Å². The minimum absolute atomic E-state index is 0. The Balaban J connectivity index is 0.00000320. The zero-order valence-corrected chi connectivity index (χ0v) is 23.4. The van der Waals surface area contributed by atoms with Gasteiger partial charge < -0.3 is 10.3 Å². The monoisotopic (exact) mass is 520 g/mol. The highest BCUT2D eigenvalue weighted by Crippen LogP contribution is 2.37. The van der Waals surface area contributed by atoms with Crippen LogP contribution in [0.4, 0.5) is 0 Å². The van der Waals surface area contributed by atoms with Crippen molar-refractivity contribution in [3.05, 3.63) is 71.4 Å². The molecule has 2 aliphatic rings. The Morgan fingerprint density at radius 2 is 1.65 bits per heavy atom. The van der Waals surface area contributed by atoms with Crippen LogP contribution in [0.15, 0.2) is 54.7 Å². The summed E-state index contributed by atoms with van der Waals surface area (Å²) in [5.74, 6) is 1.77. The number of nitrogens with two attached hydrogens (primary N) is 1. The second-order valence-corrected chi connectivity index (χ2v) is 11.8. The molecular formula is C33H45ClN2O. The van der Waals surface area contributed by atoms with E-state index in [2.05, 4.69) is 66.2 Å². The van der Waals surface area contributed by atoms with Gasteiger partial charge in [-0.25, -0.2) is 0 Å². The van der Waals surface area contributed by atoms with Gasteiger partial charge in [0.05, 0.1) is 0 Å². The molecule has 0 saturated heterocycles. The lowest BCUT2D eigenvalue weighted by Gasteiger charge is -2.26. The number of hydrogen-bond acceptors (Lipinski definition) is 2. The third-order valence-electron chi connectivity index (χ3n) is 8.91. The van der Waals surface area contributed by atoms with E-state index in [9.17, 15) is 4.79 Å². The van der Waals surface area contributed by atoms with Crippen LogP contribution in [0.2, 0.25) is 0 Å². The first kappa shape index (κ1) is 27.9. The Bertz CT molecular complexity index is 1150. The summed E-state index contributed by atoms with van der Waals surface area (Å²) < 4.78 is 2.51. The minimum atomic E-state index is 0. The molecule has 1 aromatic heterocycles. The maximum atomic E-state index is 13.5. The third kappa shape index (κ3) is 7.06. The molecule has 4 heteroatoms. The summed E-state index contributed by atoms with van der Waals surface area (Å²) in [6.45, 7) is 3.25. The number of hydrogen-bond donors (Lipinski definition) is 1. The fraction of sp³-hybridized carbons (Fsp3) is 0.545. The molecule has 1 heterocycles. The minimum Gasteiger partial charge on any atom is -0.347 e. The lowest BCUT2D eigenvalue weighted by molar-refractivity contribution is -0.120. The van der Waals surface area contributed by atoms with Crippen LogP contribution < -0.4 is 5.73 Å². The summed E-state index contributed by atoms with van der Waals surface area (Å²) in [4.78, 5) is 13.5. The van der Waals surface area contributed by atoms with Crippen molar-refractivity contribution in [3.8, 4) is 0 Å². The molecule has 2 aliphatic carbocycles. The van der Waals surface area contributed by atoms with Gasteiger partial charge in [0.1, 0.15) is 5.78 Å². The van der Waals surface area contributed by atoms with E-state index in [-0.39, 0.29) is 18.3 Å². The van der Waals surface area contributed by atoms with Gasteiger partial charge in [-0.1, -0.05) is 73.7 Å². The van der Waals surface area contributed by atoms with Gasteiger partial charge >= 0.3 is 0 Å². The smallest absolute Gasteiger partial charge is 0.134 e. The quantitative estimate of drug-likeness (QED) is 0.303. The van der Waals surface area contributed by atoms with Crippen molar-refractivity contribution in [1.82, 2.24) is 4.57 Å². The molecule has 2 saturated carbocycles. The molecule has 37 heavy (non-hydrogen) atoms. The number of Topliss-reactive ketones (excluding diaryl/α,β-unsaturated/α-hetero) is 1. The van der Waals surface area contributed by atoms with Gasteiger partial charge in [0.2, 0.25) is 0 Å². The molecule has 0 bridgehead atoms. The molecule has 1 unspecified atom stereocenters. The molecule has 0 aliphatic heterocycles. The van der Waals surface area contributed by atoms with E-state index in [1.807, 2.05) is 0 Å². The molecule has 0 radical (unpaired) electrons. The van der Waals surface area contributed by atoms with Crippen LogP contribution in [-0.2, 0) is 11.3 Å². The largest absolute Gasteiger partial charge is 0.347 e. The third-order valence-corrected chi connectivity index (χ3v) is 8.91. The molecule has 0 amide bonds. The molecule has 3 aromatic rings. The number of nitrogens with zero attached hydrogens (tertiary/aromatic N) is 1. The first-order valence-corrected chi connectivity index (χ1v) is 14.5. The predicted octanol–water partition coefficient (Wildman–Crippen LogP) is 8.34. The zero-order valence-electron chi connectivity index (χ0n) is 22.5. The van der Waals surface area contributed by atoms with Gasteiger partial charge in [-0.15, -0.1) is 12.4 Å². The number of fused-ring (bicyclic) bond motifs is 1. The summed E-state index contributed by atoms with van der Waals surface area (Å²) in [5, 5.41) is 1.31. The number of ketones is 1. The lowest BCUT2D eigenvalue weighted by Crippen LogP contribution is -2.27. The van der Waals surface area contributed by atoms with Crippen LogP contribution >= 0.6 is 12.4 Å². The van der Waals surface area contributed by atoms with Crippen molar-refractivity contribution in [3.63, 3.8) is 0 Å². The maximum Gasteiger partial charge on any atom is 0.134 e. The Kier molecular flexibility index (Phi) is 9.90. The summed E-state index contributed by atoms with van der Waals surface area (Å²) in [7, 11) is 0. The fourth-order valence-corrected chi connectivity index (χ4v) is 6.85. The van der Waals surface area contributed by atoms with E-state index in [1.165, 1.54) is 66.1 Å². The molecule has 2 N–H and O–H groups in total. The normalized spacial score (nSPS) is 21.8. The number of para-hydroxylation sites is 1. The molecule has 200 valence electrons. The van der Waals surface area contributed by atoms with Crippen molar-refractivity contribution in [2.24, 2.45) is 17.6 Å². The summed E-state index contributed by atoms with van der Waals surface area (Å²) in [5.41, 5.74) is 11.3. The van der Waals surface area contributed by atoms with Crippen molar-refractivity contribution >= 4 is 29.1 Å². The predicted molar refractivity (Wildman–Crippen MR) is 158 cm³/mol. The molecule has 5 rings (SSSR count). The number of halogens is 1. The number of benzene rings is 2. The molecule has 2 aromatic carbocycles. The topological polar surface area (TPSA) is 48.0 Å². The van der Waals surface area contributed by atoms with Gasteiger partial charge in [0.15, 0.2) is 0 Å². The second-order valence-electron chi connectivity index (χ2n) is 11.8. The van der Waals surface area contributed by atoms with Crippen molar-refractivity contribution in [1.29, 1.82) is 0 Å². The van der Waals surface area contributed by atoms with Crippen LogP contribution in [0.1, 0.15) is 99.7 Å². The number of carbonyl (C=O) groups is 1. The standard InChI is InChI=1S/C33H44N2O.ClH/c1-24-9-8-12-27(19-24)31(21-29(36)20-25-15-17-28(34)18-16-25)32-23-35(33-14-7-6-13-30(32)33)22-26-10-4-2-3-5-11-26;/h6-9,12-14,19,23,25-26,28,31H,2-5,10-11,15-18,20-22,34H2,1H3;1H. The Morgan fingerprint density at radius 3 is 2.38 bits per heavy atom. The van der Waals surface area contributed by atoms with Gasteiger partial charge in [-0.2, -0.15) is 0 Å². The Labute approximate surface area is 229 Å². The van der Waals surface area contributed by atoms with Crippen molar-refractivity contribution < 1.29 is 4.79 Å². The van der Waals surface area contributed by atoms with Gasteiger partial charge in [-0.3, -0.25) is 4.79 Å². The highest BCUT2D eigenvalue weighted by molar-refractivity contribution is 5.87. The zero-order chi connectivity index (χ0) is 24.9. The van der Waals surface area contributed by atoms with Crippen LogP contribution in [0, 0.1) is 18.8 Å². The van der Waals surface area contributed by atoms with E-state index < -0.39 is 0 Å². The molecule has 3 nitrogen and oxygen atoms in total. The number of carbonyl (C=O) groups excluding carboxylic acids is 1. The SMILES string of the molecule is Cc1cccc(C(CC(=O)CC2CCC(N)CC2)c2cn(CC3CCCCCC3)c3ccccc23)c1.Cl. The molecule has 2 fully saturated rings. The van der Waals surface area contributed by atoms with Gasteiger partial charge in [0.25, 0.3) is 0 Å². The van der Waals surface area contributed by atoms with Crippen LogP contribution in [-0.4, -0.2) is 16.4 Å². The Hall–Kier alpha value is -2.10. The van der Waals surface area contributed by atoms with Crippen LogP contribution in [0.5, 0.6) is 0 Å². The molecular weight excluding hydrogens is 476 g/mol. The lowest BCUT2D eigenvalue weighted by atomic mass is 9.80. The van der Waals surface area contributed by atoms with Crippen LogP contribution in [0.3, 0.4) is 0 Å². The van der Waals surface area contributed by atoms with E-state index in [0.29, 0.717) is 30.6 Å². The average Bonchev–Trinajstić information content (AvgIpc) is 3.04. The molecule has 0 spiro atoms. The summed E-state index contributed by atoms with van der Waals surface area (Å²) in [6, 6.07) is 18.0. The van der Waals surface area contributed by atoms with Crippen molar-refractivity contribution in [2.75, 3.05) is 0 Å². The van der Waals surface area contributed by atoms with E-state index >= 15 is 0 Å². The summed E-state index contributed by atoms with van der Waals surface area (Å²) >= 11 is 0. The fourth-order valence-electron chi connectivity index (χ4n) is 6.85. The maximum absolute atomic E-state index is 13.5. The van der Waals surface area contributed by atoms with Crippen molar-refractivity contribution in [2.45, 2.75) is 102 Å². The van der Waals surface area contributed by atoms with Crippen LogP contribution in [0.25, 0.3) is 10.9 Å². The second kappa shape index (κ2) is 13.1. The Morgan fingerprint density at radius 1 is 0.919 bits per heavy atom. The average molecular weight is 521 g/mol. The number of aryl methyl sites for hydroxylation is 1. The highest BCUT2D eigenvalue weighted by Gasteiger charge is 2.26. The number of aromatic nitrogens is 1. The van der Waals surface area contributed by atoms with Gasteiger partial charge in [-0.05, 0) is 74.5 Å². The first-order chi connectivity index (χ1) is 17.6. The molecule has 1 atom stereocenters. The van der Waals surface area contributed by atoms with Gasteiger partial charge in [0, 0.05) is 48.4 Å².